The van der Waals surface area contributed by atoms with Crippen LogP contribution in [0.2, 0.25) is 0 Å². The van der Waals surface area contributed by atoms with Crippen LogP contribution < -0.4 is 0 Å². The highest BCUT2D eigenvalue weighted by atomic mass is 16.7. The summed E-state index contributed by atoms with van der Waals surface area (Å²) in [5.74, 6) is -2.34. The first-order valence-electron chi connectivity index (χ1n) is 16.3. The monoisotopic (exact) mass is 643 g/mol. The van der Waals surface area contributed by atoms with E-state index in [4.69, 9.17) is 18.9 Å². The fourth-order valence-corrected chi connectivity index (χ4v) is 8.26. The molecule has 3 saturated heterocycles. The Hall–Kier alpha value is -1.38. The van der Waals surface area contributed by atoms with Gasteiger partial charge in [-0.2, -0.15) is 15.2 Å². The zero-order chi connectivity index (χ0) is 34.6. The minimum atomic E-state index is -1.13. The molecule has 0 aromatic heterocycles. The molecule has 0 aromatic carbocycles. The highest BCUT2D eigenvalue weighted by Gasteiger charge is 2.50. The van der Waals surface area contributed by atoms with Crippen LogP contribution in [0.1, 0.15) is 128 Å². The van der Waals surface area contributed by atoms with Gasteiger partial charge in [0.1, 0.15) is 18.1 Å². The van der Waals surface area contributed by atoms with Crippen LogP contribution in [-0.2, 0) is 28.5 Å². The summed E-state index contributed by atoms with van der Waals surface area (Å²) in [6.07, 6.45) is -0.195. The number of hydrogen-bond donors (Lipinski definition) is 3. The van der Waals surface area contributed by atoms with E-state index in [9.17, 15) is 25.2 Å². The lowest BCUT2D eigenvalue weighted by atomic mass is 9.80. The molecule has 3 rings (SSSR count). The summed E-state index contributed by atoms with van der Waals surface area (Å²) < 4.78 is 24.2. The number of carbonyl (C=O) groups is 2. The van der Waals surface area contributed by atoms with E-state index in [0.29, 0.717) is 38.5 Å². The first-order valence-corrected chi connectivity index (χ1v) is 16.3. The van der Waals surface area contributed by atoms with Crippen LogP contribution >= 0.6 is 0 Å². The summed E-state index contributed by atoms with van der Waals surface area (Å²) in [5.41, 5.74) is -3.73. The molecule has 262 valence electrons. The summed E-state index contributed by atoms with van der Waals surface area (Å²) in [4.78, 5) is 27.5. The van der Waals surface area contributed by atoms with Crippen molar-refractivity contribution in [1.82, 2.24) is 15.2 Å². The van der Waals surface area contributed by atoms with Crippen LogP contribution in [0.4, 0.5) is 0 Å². The first-order chi connectivity index (χ1) is 20.2. The number of esters is 2. The molecule has 3 aliphatic heterocycles. The summed E-state index contributed by atoms with van der Waals surface area (Å²) >= 11 is 0. The molecule has 3 aliphatic rings. The lowest BCUT2D eigenvalue weighted by Gasteiger charge is -2.52. The Morgan fingerprint density at radius 2 is 0.911 bits per heavy atom. The summed E-state index contributed by atoms with van der Waals surface area (Å²) in [7, 11) is 1.44. The third-order valence-electron chi connectivity index (χ3n) is 9.96. The molecular formula is C33H61N3O9. The van der Waals surface area contributed by atoms with E-state index in [-0.39, 0.29) is 12.5 Å². The van der Waals surface area contributed by atoms with Gasteiger partial charge in [0.05, 0.1) is 12.5 Å². The maximum absolute atomic E-state index is 14.0. The predicted octanol–water partition coefficient (Wildman–Crippen LogP) is 5.30. The Kier molecular flexibility index (Phi) is 10.9. The van der Waals surface area contributed by atoms with Gasteiger partial charge in [-0.05, 0) is 95.9 Å². The van der Waals surface area contributed by atoms with Crippen LogP contribution in [-0.4, -0.2) is 108 Å². The van der Waals surface area contributed by atoms with Crippen molar-refractivity contribution < 1.29 is 44.2 Å². The Labute approximate surface area is 270 Å². The number of carbonyl (C=O) groups excluding carboxylic acids is 2. The van der Waals surface area contributed by atoms with Gasteiger partial charge in [0.25, 0.3) is 0 Å². The number of methoxy groups -OCH3 is 1. The molecule has 0 aliphatic carbocycles. The van der Waals surface area contributed by atoms with Crippen molar-refractivity contribution in [3.63, 3.8) is 0 Å². The molecule has 1 unspecified atom stereocenters. The number of piperidine rings is 3. The number of nitrogens with zero attached hydrogens (tertiary/aromatic N) is 3. The highest BCUT2D eigenvalue weighted by Crippen LogP contribution is 2.41. The van der Waals surface area contributed by atoms with E-state index >= 15 is 0 Å². The number of ether oxygens (including phenoxy) is 4. The molecule has 3 heterocycles. The molecular weight excluding hydrogens is 582 g/mol. The third kappa shape index (κ3) is 8.56. The van der Waals surface area contributed by atoms with Gasteiger partial charge in [-0.25, -0.2) is 0 Å². The molecule has 2 atom stereocenters. The molecule has 0 bridgehead atoms. The van der Waals surface area contributed by atoms with Crippen molar-refractivity contribution in [2.45, 2.75) is 186 Å². The normalized spacial score (nSPS) is 28.7. The maximum Gasteiger partial charge on any atom is 0.314 e. The van der Waals surface area contributed by atoms with Crippen molar-refractivity contribution >= 4 is 11.9 Å². The average molecular weight is 644 g/mol. The Bertz CT molecular complexity index is 1020. The van der Waals surface area contributed by atoms with Gasteiger partial charge in [0, 0.05) is 66.0 Å². The second-order valence-electron chi connectivity index (χ2n) is 17.4. The minimum Gasteiger partial charge on any atom is -0.462 e. The fourth-order valence-electron chi connectivity index (χ4n) is 8.26. The Morgan fingerprint density at radius 3 is 1.24 bits per heavy atom. The third-order valence-corrected chi connectivity index (χ3v) is 9.96. The second kappa shape index (κ2) is 12.9. The van der Waals surface area contributed by atoms with E-state index in [1.165, 1.54) is 22.3 Å². The van der Waals surface area contributed by atoms with Crippen LogP contribution in [0.15, 0.2) is 0 Å². The van der Waals surface area contributed by atoms with Crippen molar-refractivity contribution in [2.24, 2.45) is 5.92 Å². The van der Waals surface area contributed by atoms with Crippen LogP contribution in [0.5, 0.6) is 0 Å². The zero-order valence-electron chi connectivity index (χ0n) is 30.0. The van der Waals surface area contributed by atoms with Crippen molar-refractivity contribution in [3.05, 3.63) is 0 Å². The quantitative estimate of drug-likeness (QED) is 0.222. The molecule has 12 heteroatoms. The molecule has 0 amide bonds. The Balaban J connectivity index is 1.85. The van der Waals surface area contributed by atoms with Crippen LogP contribution in [0.25, 0.3) is 0 Å². The number of rotatable bonds is 9. The molecule has 0 spiro atoms. The van der Waals surface area contributed by atoms with Crippen LogP contribution in [0, 0.1) is 5.92 Å². The first kappa shape index (κ1) is 38.1. The van der Waals surface area contributed by atoms with Gasteiger partial charge in [-0.3, -0.25) is 9.59 Å². The van der Waals surface area contributed by atoms with Gasteiger partial charge >= 0.3 is 11.9 Å². The zero-order valence-corrected chi connectivity index (χ0v) is 30.0. The Morgan fingerprint density at radius 1 is 0.600 bits per heavy atom. The van der Waals surface area contributed by atoms with Crippen LogP contribution in [0.3, 0.4) is 0 Å². The second-order valence-corrected chi connectivity index (χ2v) is 17.4. The SMILES string of the molecule is CO[C@@H](OC1CC(C)(C)N(O)C(C)(C)C1)C(CC(=O)OC1CC(C)(C)N(O)C(C)(C)C1)C(=O)OC1CC(C)(C)N(O)C(C)(C)C1. The van der Waals surface area contributed by atoms with Crippen molar-refractivity contribution in [3.8, 4) is 0 Å². The molecule has 3 N–H and O–H groups in total. The molecule has 0 radical (unpaired) electrons. The van der Waals surface area contributed by atoms with Gasteiger partial charge in [0.15, 0.2) is 6.29 Å². The van der Waals surface area contributed by atoms with Gasteiger partial charge < -0.3 is 34.6 Å². The molecule has 3 fully saturated rings. The lowest BCUT2D eigenvalue weighted by molar-refractivity contribution is -0.282. The summed E-state index contributed by atoms with van der Waals surface area (Å²) in [5, 5.41) is 36.2. The maximum atomic E-state index is 14.0. The van der Waals surface area contributed by atoms with E-state index in [0.717, 1.165) is 0 Å². The molecule has 0 saturated carbocycles. The molecule has 0 aromatic rings. The van der Waals surface area contributed by atoms with Crippen molar-refractivity contribution in [2.75, 3.05) is 7.11 Å². The highest BCUT2D eigenvalue weighted by molar-refractivity contribution is 5.80. The van der Waals surface area contributed by atoms with Crippen molar-refractivity contribution in [1.29, 1.82) is 0 Å². The lowest BCUT2D eigenvalue weighted by Crippen LogP contribution is -2.61. The largest absolute Gasteiger partial charge is 0.462 e. The van der Waals surface area contributed by atoms with E-state index < -0.39 is 69.6 Å². The van der Waals surface area contributed by atoms with E-state index in [1.807, 2.05) is 83.1 Å². The van der Waals surface area contributed by atoms with Gasteiger partial charge in [-0.1, -0.05) is 0 Å². The van der Waals surface area contributed by atoms with E-state index in [2.05, 4.69) is 0 Å². The summed E-state index contributed by atoms with van der Waals surface area (Å²) in [6.45, 7) is 22.8. The smallest absolute Gasteiger partial charge is 0.314 e. The fraction of sp³-hybridized carbons (Fsp3) is 0.939. The van der Waals surface area contributed by atoms with E-state index in [1.54, 1.807) is 0 Å². The predicted molar refractivity (Wildman–Crippen MR) is 167 cm³/mol. The number of hydrogen-bond acceptors (Lipinski definition) is 12. The molecule has 45 heavy (non-hydrogen) atoms. The molecule has 12 nitrogen and oxygen atoms in total. The standard InChI is InChI=1S/C33H61N3O9/c1-28(2)15-21(16-29(3,4)34(28)39)43-25(37)14-24(26(38)44-22-17-30(5,6)35(40)31(7,8)18-22)27(42-13)45-23-19-32(9,10)36(41)33(11,12)20-23/h21-24,27,39-41H,14-20H2,1-13H3/t24?,27-/m0/s1. The number of hydroxylamine groups is 6. The van der Waals surface area contributed by atoms with Gasteiger partial charge in [-0.15, -0.1) is 0 Å². The van der Waals surface area contributed by atoms with Gasteiger partial charge in [0.2, 0.25) is 0 Å². The minimum absolute atomic E-state index is 0.325. The topological polar surface area (TPSA) is 141 Å². The summed E-state index contributed by atoms with van der Waals surface area (Å²) in [6, 6.07) is 0. The average Bonchev–Trinajstić information content (AvgIpc) is 2.85.